The molecule has 0 saturated carbocycles. The number of rotatable bonds is 6. The zero-order valence-corrected chi connectivity index (χ0v) is 9.96. The fraction of sp³-hybridized carbons (Fsp3) is 0.500. The van der Waals surface area contributed by atoms with Crippen LogP contribution in [0.1, 0.15) is 18.4 Å². The highest BCUT2D eigenvalue weighted by atomic mass is 32.2. The summed E-state index contributed by atoms with van der Waals surface area (Å²) in [6.07, 6.45) is 3.95. The molecule has 0 heterocycles. The SMILES string of the molecule is CSCCCC(N)(CO)c1ccccc1. The van der Waals surface area contributed by atoms with Crippen molar-refractivity contribution in [1.82, 2.24) is 0 Å². The van der Waals surface area contributed by atoms with Gasteiger partial charge in [-0.2, -0.15) is 11.8 Å². The van der Waals surface area contributed by atoms with Crippen LogP contribution < -0.4 is 5.73 Å². The quantitative estimate of drug-likeness (QED) is 0.728. The number of aliphatic hydroxyl groups excluding tert-OH is 1. The van der Waals surface area contributed by atoms with Crippen molar-refractivity contribution in [2.45, 2.75) is 18.4 Å². The number of thioether (sulfide) groups is 1. The molecule has 1 aromatic carbocycles. The third-order valence-corrected chi connectivity index (χ3v) is 3.30. The molecule has 0 fully saturated rings. The molecule has 1 rings (SSSR count). The zero-order chi connectivity index (χ0) is 11.1. The van der Waals surface area contributed by atoms with Crippen molar-refractivity contribution in [3.05, 3.63) is 35.9 Å². The fourth-order valence-electron chi connectivity index (χ4n) is 1.62. The molecule has 3 heteroatoms. The molecule has 15 heavy (non-hydrogen) atoms. The molecule has 1 unspecified atom stereocenters. The average Bonchev–Trinajstić information content (AvgIpc) is 2.30. The van der Waals surface area contributed by atoms with Gasteiger partial charge < -0.3 is 10.8 Å². The highest BCUT2D eigenvalue weighted by Gasteiger charge is 2.25. The Balaban J connectivity index is 2.67. The van der Waals surface area contributed by atoms with Crippen molar-refractivity contribution in [3.8, 4) is 0 Å². The first kappa shape index (κ1) is 12.6. The summed E-state index contributed by atoms with van der Waals surface area (Å²) in [7, 11) is 0. The molecule has 0 radical (unpaired) electrons. The minimum atomic E-state index is -0.572. The molecule has 0 aliphatic carbocycles. The Kier molecular flexibility index (Phi) is 5.15. The molecule has 0 saturated heterocycles. The summed E-state index contributed by atoms with van der Waals surface area (Å²) in [4.78, 5) is 0. The van der Waals surface area contributed by atoms with E-state index in [4.69, 9.17) is 5.73 Å². The average molecular weight is 225 g/mol. The van der Waals surface area contributed by atoms with E-state index in [2.05, 4.69) is 6.26 Å². The van der Waals surface area contributed by atoms with E-state index in [1.165, 1.54) is 0 Å². The summed E-state index contributed by atoms with van der Waals surface area (Å²) >= 11 is 1.81. The van der Waals surface area contributed by atoms with Gasteiger partial charge in [0.15, 0.2) is 0 Å². The largest absolute Gasteiger partial charge is 0.394 e. The molecule has 0 bridgehead atoms. The van der Waals surface area contributed by atoms with E-state index in [1.54, 1.807) is 0 Å². The second-order valence-corrected chi connectivity index (χ2v) is 4.76. The van der Waals surface area contributed by atoms with Crippen molar-refractivity contribution in [2.24, 2.45) is 5.73 Å². The van der Waals surface area contributed by atoms with Crippen LogP contribution in [0.15, 0.2) is 30.3 Å². The number of aliphatic hydroxyl groups is 1. The van der Waals surface area contributed by atoms with E-state index in [1.807, 2.05) is 42.1 Å². The van der Waals surface area contributed by atoms with Crippen LogP contribution in [0.25, 0.3) is 0 Å². The number of nitrogens with two attached hydrogens (primary N) is 1. The highest BCUT2D eigenvalue weighted by molar-refractivity contribution is 7.98. The lowest BCUT2D eigenvalue weighted by Gasteiger charge is -2.27. The van der Waals surface area contributed by atoms with E-state index in [9.17, 15) is 5.11 Å². The molecule has 0 aliphatic rings. The lowest BCUT2D eigenvalue weighted by molar-refractivity contribution is 0.187. The van der Waals surface area contributed by atoms with Gasteiger partial charge in [0.25, 0.3) is 0 Å². The van der Waals surface area contributed by atoms with Crippen LogP contribution in [0.3, 0.4) is 0 Å². The minimum Gasteiger partial charge on any atom is -0.394 e. The summed E-state index contributed by atoms with van der Waals surface area (Å²) in [5.41, 5.74) is 6.65. The molecule has 2 nitrogen and oxygen atoms in total. The topological polar surface area (TPSA) is 46.2 Å². The van der Waals surface area contributed by atoms with E-state index >= 15 is 0 Å². The fourth-order valence-corrected chi connectivity index (χ4v) is 2.05. The Hall–Kier alpha value is -0.510. The Bertz CT molecular complexity index is 278. The van der Waals surface area contributed by atoms with Gasteiger partial charge in [0, 0.05) is 0 Å². The smallest absolute Gasteiger partial charge is 0.0653 e. The predicted molar refractivity (Wildman–Crippen MR) is 67.0 cm³/mol. The monoisotopic (exact) mass is 225 g/mol. The Labute approximate surface area is 95.9 Å². The van der Waals surface area contributed by atoms with Gasteiger partial charge in [0.05, 0.1) is 12.1 Å². The van der Waals surface area contributed by atoms with Crippen molar-refractivity contribution < 1.29 is 5.11 Å². The first-order chi connectivity index (χ1) is 7.23. The Morgan fingerprint density at radius 3 is 2.53 bits per heavy atom. The van der Waals surface area contributed by atoms with Crippen LogP contribution >= 0.6 is 11.8 Å². The molecule has 0 amide bonds. The number of hydrogen-bond acceptors (Lipinski definition) is 3. The maximum Gasteiger partial charge on any atom is 0.0653 e. The summed E-state index contributed by atoms with van der Waals surface area (Å²) in [5.74, 6) is 1.09. The Morgan fingerprint density at radius 1 is 1.33 bits per heavy atom. The molecular formula is C12H19NOS. The third kappa shape index (κ3) is 3.52. The van der Waals surface area contributed by atoms with Gasteiger partial charge in [-0.1, -0.05) is 30.3 Å². The third-order valence-electron chi connectivity index (χ3n) is 2.60. The van der Waals surface area contributed by atoms with E-state index in [0.29, 0.717) is 0 Å². The van der Waals surface area contributed by atoms with Gasteiger partial charge in [-0.05, 0) is 30.4 Å². The lowest BCUT2D eigenvalue weighted by Crippen LogP contribution is -2.40. The van der Waals surface area contributed by atoms with Gasteiger partial charge in [-0.15, -0.1) is 0 Å². The lowest BCUT2D eigenvalue weighted by atomic mass is 9.87. The number of benzene rings is 1. The maximum absolute atomic E-state index is 9.41. The van der Waals surface area contributed by atoms with Crippen LogP contribution in [-0.2, 0) is 5.54 Å². The first-order valence-electron chi connectivity index (χ1n) is 5.17. The van der Waals surface area contributed by atoms with Gasteiger partial charge in [-0.25, -0.2) is 0 Å². The molecule has 0 aliphatic heterocycles. The minimum absolute atomic E-state index is 0.00535. The molecule has 3 N–H and O–H groups in total. The zero-order valence-electron chi connectivity index (χ0n) is 9.15. The van der Waals surface area contributed by atoms with E-state index in [-0.39, 0.29) is 6.61 Å². The normalized spacial score (nSPS) is 14.9. The molecular weight excluding hydrogens is 206 g/mol. The summed E-state index contributed by atoms with van der Waals surface area (Å²) < 4.78 is 0. The molecule has 1 atom stereocenters. The first-order valence-corrected chi connectivity index (χ1v) is 6.56. The van der Waals surface area contributed by atoms with Crippen molar-refractivity contribution >= 4 is 11.8 Å². The second kappa shape index (κ2) is 6.16. The predicted octanol–water partition coefficient (Wildman–Crippen LogP) is 1.98. The van der Waals surface area contributed by atoms with Crippen molar-refractivity contribution in [1.29, 1.82) is 0 Å². The second-order valence-electron chi connectivity index (χ2n) is 3.78. The van der Waals surface area contributed by atoms with Crippen LogP contribution in [0, 0.1) is 0 Å². The Morgan fingerprint density at radius 2 is 2.00 bits per heavy atom. The summed E-state index contributed by atoms with van der Waals surface area (Å²) in [6.45, 7) is 0.00535. The van der Waals surface area contributed by atoms with Gasteiger partial charge in [0.2, 0.25) is 0 Å². The molecule has 0 aromatic heterocycles. The standard InChI is InChI=1S/C12H19NOS/c1-15-9-5-8-12(13,10-14)11-6-3-2-4-7-11/h2-4,6-7,14H,5,8-10,13H2,1H3. The van der Waals surface area contributed by atoms with Crippen molar-refractivity contribution in [3.63, 3.8) is 0 Å². The highest BCUT2D eigenvalue weighted by Crippen LogP contribution is 2.23. The van der Waals surface area contributed by atoms with Crippen LogP contribution in [0.4, 0.5) is 0 Å². The number of hydrogen-bond donors (Lipinski definition) is 2. The van der Waals surface area contributed by atoms with Gasteiger partial charge >= 0.3 is 0 Å². The van der Waals surface area contributed by atoms with Gasteiger partial charge in [-0.3, -0.25) is 0 Å². The van der Waals surface area contributed by atoms with Crippen LogP contribution in [-0.4, -0.2) is 23.7 Å². The van der Waals surface area contributed by atoms with Gasteiger partial charge in [0.1, 0.15) is 0 Å². The van der Waals surface area contributed by atoms with Crippen molar-refractivity contribution in [2.75, 3.05) is 18.6 Å². The summed E-state index contributed by atoms with van der Waals surface area (Å²) in [6, 6.07) is 9.84. The molecule has 1 aromatic rings. The van der Waals surface area contributed by atoms with E-state index in [0.717, 1.165) is 24.2 Å². The van der Waals surface area contributed by atoms with E-state index < -0.39 is 5.54 Å². The van der Waals surface area contributed by atoms with Crippen LogP contribution in [0.2, 0.25) is 0 Å². The molecule has 84 valence electrons. The maximum atomic E-state index is 9.41. The summed E-state index contributed by atoms with van der Waals surface area (Å²) in [5, 5.41) is 9.41. The molecule has 0 spiro atoms. The van der Waals surface area contributed by atoms with Crippen LogP contribution in [0.5, 0.6) is 0 Å².